The average molecular weight is 342 g/mol. The van der Waals surface area contributed by atoms with Crippen molar-refractivity contribution in [2.45, 2.75) is 31.6 Å². The minimum absolute atomic E-state index is 0.0224. The van der Waals surface area contributed by atoms with Crippen LogP contribution < -0.4 is 4.72 Å². The normalized spacial score (nSPS) is 11.3. The number of aryl methyl sites for hydroxylation is 1. The molecule has 2 N–H and O–H groups in total. The number of carbonyl (C=O) groups is 2. The van der Waals surface area contributed by atoms with Gasteiger partial charge < -0.3 is 10.0 Å². The van der Waals surface area contributed by atoms with E-state index in [0.29, 0.717) is 17.5 Å². The molecule has 1 aromatic carbocycles. The van der Waals surface area contributed by atoms with Gasteiger partial charge >= 0.3 is 5.97 Å². The number of hydrogen-bond acceptors (Lipinski definition) is 4. The van der Waals surface area contributed by atoms with E-state index in [1.165, 1.54) is 17.0 Å². The fourth-order valence-corrected chi connectivity index (χ4v) is 3.11. The first-order chi connectivity index (χ1) is 10.7. The largest absolute Gasteiger partial charge is 0.481 e. The summed E-state index contributed by atoms with van der Waals surface area (Å²) < 4.78 is 26.4. The fraction of sp³-hybridized carbons (Fsp3) is 0.467. The first-order valence-corrected chi connectivity index (χ1v) is 8.75. The molecule has 0 saturated heterocycles. The summed E-state index contributed by atoms with van der Waals surface area (Å²) in [7, 11) is -2.07. The molecule has 0 aliphatic heterocycles. The van der Waals surface area contributed by atoms with Gasteiger partial charge in [0.2, 0.25) is 10.0 Å². The molecular weight excluding hydrogens is 320 g/mol. The van der Waals surface area contributed by atoms with Crippen molar-refractivity contribution in [3.63, 3.8) is 0 Å². The minimum atomic E-state index is -3.64. The highest BCUT2D eigenvalue weighted by atomic mass is 32.2. The summed E-state index contributed by atoms with van der Waals surface area (Å²) in [5.74, 6) is -1.25. The van der Waals surface area contributed by atoms with E-state index in [1.54, 1.807) is 27.0 Å². The zero-order valence-corrected chi connectivity index (χ0v) is 14.3. The minimum Gasteiger partial charge on any atom is -0.481 e. The molecule has 0 radical (unpaired) electrons. The van der Waals surface area contributed by atoms with E-state index in [1.807, 2.05) is 0 Å². The Bertz CT molecular complexity index is 685. The summed E-state index contributed by atoms with van der Waals surface area (Å²) in [6, 6.07) is 4.39. The van der Waals surface area contributed by atoms with Gasteiger partial charge in [0, 0.05) is 32.1 Å². The SMILES string of the molecule is CCNS(=O)(=O)c1ccc(C)c(C(=O)N(C)CCCC(=O)O)c1. The standard InChI is InChI=1S/C15H22N2O5S/c1-4-16-23(21,22)12-8-7-11(2)13(10-12)15(20)17(3)9-5-6-14(18)19/h7-8,10,16H,4-6,9H2,1-3H3,(H,18,19). The van der Waals surface area contributed by atoms with Gasteiger partial charge in [-0.1, -0.05) is 13.0 Å². The van der Waals surface area contributed by atoms with Crippen LogP contribution in [0.1, 0.15) is 35.7 Å². The second-order valence-corrected chi connectivity index (χ2v) is 6.97. The van der Waals surface area contributed by atoms with E-state index in [4.69, 9.17) is 5.11 Å². The summed E-state index contributed by atoms with van der Waals surface area (Å²) in [5.41, 5.74) is 0.956. The molecule has 0 aliphatic rings. The molecule has 128 valence electrons. The first kappa shape index (κ1) is 19.1. The van der Waals surface area contributed by atoms with Crippen molar-refractivity contribution < 1.29 is 23.1 Å². The molecule has 0 atom stereocenters. The Morgan fingerprint density at radius 3 is 2.52 bits per heavy atom. The number of rotatable bonds is 8. The molecule has 8 heteroatoms. The zero-order chi connectivity index (χ0) is 17.6. The van der Waals surface area contributed by atoms with Crippen molar-refractivity contribution in [1.82, 2.24) is 9.62 Å². The molecule has 0 heterocycles. The number of aliphatic carboxylic acids is 1. The summed E-state index contributed by atoms with van der Waals surface area (Å²) in [6.45, 7) is 3.94. The number of hydrogen-bond donors (Lipinski definition) is 2. The van der Waals surface area contributed by atoms with Gasteiger partial charge in [-0.05, 0) is 31.0 Å². The lowest BCUT2D eigenvalue weighted by atomic mass is 10.1. The Morgan fingerprint density at radius 2 is 1.96 bits per heavy atom. The van der Waals surface area contributed by atoms with E-state index in [-0.39, 0.29) is 30.3 Å². The van der Waals surface area contributed by atoms with Crippen LogP contribution in [0, 0.1) is 6.92 Å². The molecular formula is C15H22N2O5S. The maximum Gasteiger partial charge on any atom is 0.303 e. The van der Waals surface area contributed by atoms with Crippen molar-refractivity contribution in [3.05, 3.63) is 29.3 Å². The van der Waals surface area contributed by atoms with Crippen LogP contribution in [-0.4, -0.2) is 50.4 Å². The first-order valence-electron chi connectivity index (χ1n) is 7.26. The second-order valence-electron chi connectivity index (χ2n) is 5.20. The molecule has 0 unspecified atom stereocenters. The van der Waals surface area contributed by atoms with Gasteiger partial charge in [-0.15, -0.1) is 0 Å². The molecule has 0 bridgehead atoms. The van der Waals surface area contributed by atoms with Crippen LogP contribution in [0.4, 0.5) is 0 Å². The van der Waals surface area contributed by atoms with Gasteiger partial charge in [0.25, 0.3) is 5.91 Å². The maximum absolute atomic E-state index is 12.4. The van der Waals surface area contributed by atoms with E-state index in [9.17, 15) is 18.0 Å². The number of carboxylic acid groups (broad SMARTS) is 1. The van der Waals surface area contributed by atoms with Gasteiger partial charge in [-0.2, -0.15) is 0 Å². The van der Waals surface area contributed by atoms with E-state index >= 15 is 0 Å². The molecule has 0 fully saturated rings. The van der Waals surface area contributed by atoms with Gasteiger partial charge in [-0.3, -0.25) is 9.59 Å². The zero-order valence-electron chi connectivity index (χ0n) is 13.5. The Morgan fingerprint density at radius 1 is 1.30 bits per heavy atom. The van der Waals surface area contributed by atoms with Crippen LogP contribution >= 0.6 is 0 Å². The highest BCUT2D eigenvalue weighted by Gasteiger charge is 2.19. The quantitative estimate of drug-likeness (QED) is 0.739. The maximum atomic E-state index is 12.4. The molecule has 1 aromatic rings. The number of carbonyl (C=O) groups excluding carboxylic acids is 1. The summed E-state index contributed by atoms with van der Waals surface area (Å²) in [4.78, 5) is 24.4. The number of nitrogens with zero attached hydrogens (tertiary/aromatic N) is 1. The van der Waals surface area contributed by atoms with Gasteiger partial charge in [0.1, 0.15) is 0 Å². The molecule has 0 aliphatic carbocycles. The lowest BCUT2D eigenvalue weighted by Gasteiger charge is -2.18. The third-order valence-electron chi connectivity index (χ3n) is 3.31. The molecule has 23 heavy (non-hydrogen) atoms. The topological polar surface area (TPSA) is 104 Å². The number of amides is 1. The van der Waals surface area contributed by atoms with Crippen molar-refractivity contribution in [1.29, 1.82) is 0 Å². The van der Waals surface area contributed by atoms with Crippen LogP contribution in [0.15, 0.2) is 23.1 Å². The lowest BCUT2D eigenvalue weighted by Crippen LogP contribution is -2.29. The van der Waals surface area contributed by atoms with Crippen LogP contribution in [0.3, 0.4) is 0 Å². The highest BCUT2D eigenvalue weighted by Crippen LogP contribution is 2.17. The monoisotopic (exact) mass is 342 g/mol. The van der Waals surface area contributed by atoms with Gasteiger partial charge in [0.15, 0.2) is 0 Å². The van der Waals surface area contributed by atoms with Crippen molar-refractivity contribution >= 4 is 21.9 Å². The van der Waals surface area contributed by atoms with Crippen molar-refractivity contribution in [2.75, 3.05) is 20.1 Å². The van der Waals surface area contributed by atoms with E-state index in [2.05, 4.69) is 4.72 Å². The van der Waals surface area contributed by atoms with Crippen LogP contribution in [0.5, 0.6) is 0 Å². The Hall–Kier alpha value is -1.93. The smallest absolute Gasteiger partial charge is 0.303 e. The third kappa shape index (κ3) is 5.33. The second kappa shape index (κ2) is 8.07. The van der Waals surface area contributed by atoms with Crippen LogP contribution in [0.25, 0.3) is 0 Å². The summed E-state index contributed by atoms with van der Waals surface area (Å²) in [5, 5.41) is 8.63. The summed E-state index contributed by atoms with van der Waals surface area (Å²) >= 11 is 0. The third-order valence-corrected chi connectivity index (χ3v) is 4.86. The highest BCUT2D eigenvalue weighted by molar-refractivity contribution is 7.89. The van der Waals surface area contributed by atoms with E-state index < -0.39 is 16.0 Å². The van der Waals surface area contributed by atoms with E-state index in [0.717, 1.165) is 0 Å². The fourth-order valence-electron chi connectivity index (χ4n) is 2.05. The average Bonchev–Trinajstić information content (AvgIpc) is 2.46. The van der Waals surface area contributed by atoms with Gasteiger partial charge in [0.05, 0.1) is 4.90 Å². The molecule has 0 aromatic heterocycles. The van der Waals surface area contributed by atoms with Crippen molar-refractivity contribution in [2.24, 2.45) is 0 Å². The van der Waals surface area contributed by atoms with Crippen LogP contribution in [-0.2, 0) is 14.8 Å². The molecule has 1 amide bonds. The molecule has 7 nitrogen and oxygen atoms in total. The Balaban J connectivity index is 2.98. The van der Waals surface area contributed by atoms with Crippen LogP contribution in [0.2, 0.25) is 0 Å². The predicted octanol–water partition coefficient (Wildman–Crippen LogP) is 1.23. The number of nitrogens with one attached hydrogen (secondary N) is 1. The molecule has 1 rings (SSSR count). The lowest BCUT2D eigenvalue weighted by molar-refractivity contribution is -0.137. The number of carboxylic acids is 1. The Labute approximate surface area is 136 Å². The Kier molecular flexibility index (Phi) is 6.71. The number of sulfonamides is 1. The summed E-state index contributed by atoms with van der Waals surface area (Å²) in [6.07, 6.45) is 0.317. The molecule has 0 saturated carbocycles. The molecule has 0 spiro atoms. The number of benzene rings is 1. The predicted molar refractivity (Wildman–Crippen MR) is 85.9 cm³/mol. The van der Waals surface area contributed by atoms with Gasteiger partial charge in [-0.25, -0.2) is 13.1 Å². The van der Waals surface area contributed by atoms with Crippen molar-refractivity contribution in [3.8, 4) is 0 Å².